The molecule has 2 aromatic heterocycles. The molecule has 0 amide bonds. The molecule has 0 unspecified atom stereocenters. The molecule has 0 atom stereocenters. The molecule has 1 aromatic carbocycles. The Morgan fingerprint density at radius 1 is 0.750 bits per heavy atom. The number of rotatable bonds is 3. The Morgan fingerprint density at radius 2 is 1.29 bits per heavy atom. The zero-order valence-electron chi connectivity index (χ0n) is 13.1. The third-order valence-corrected chi connectivity index (χ3v) is 3.62. The minimum atomic E-state index is -4.98. The monoisotopic (exact) mass is 442 g/mol. The van der Waals surface area contributed by atoms with Crippen LogP contribution in [0.3, 0.4) is 0 Å². The average Bonchev–Trinajstić information content (AvgIpc) is 3.00. The molecule has 0 aliphatic heterocycles. The lowest BCUT2D eigenvalue weighted by Gasteiger charge is -2.13. The summed E-state index contributed by atoms with van der Waals surface area (Å²) in [5.74, 6) is -0.686. The molecule has 0 fully saturated rings. The summed E-state index contributed by atoms with van der Waals surface area (Å²) in [4.78, 5) is 11.3. The minimum absolute atomic E-state index is 0.00837. The van der Waals surface area contributed by atoms with Crippen molar-refractivity contribution >= 4 is 35.1 Å². The molecule has 6 nitrogen and oxygen atoms in total. The van der Waals surface area contributed by atoms with Crippen LogP contribution in [0.25, 0.3) is 11.4 Å². The molecule has 0 spiro atoms. The molecule has 0 aliphatic carbocycles. The number of alkyl halides is 6. The first-order valence-electron chi connectivity index (χ1n) is 7.11. The SMILES string of the molecule is FC(F)(F)c1cc(-c2nc(Nc3nc(Cl)cc(Cl)n3)n[nH]2)cc(C(F)(F)F)c1. The van der Waals surface area contributed by atoms with Gasteiger partial charge < -0.3 is 0 Å². The fraction of sp³-hybridized carbons (Fsp3) is 0.143. The zero-order valence-corrected chi connectivity index (χ0v) is 14.6. The number of hydrogen-bond acceptors (Lipinski definition) is 5. The van der Waals surface area contributed by atoms with E-state index in [0.29, 0.717) is 12.1 Å². The third-order valence-electron chi connectivity index (χ3n) is 3.23. The van der Waals surface area contributed by atoms with Crippen LogP contribution in [0.15, 0.2) is 24.3 Å². The maximum absolute atomic E-state index is 13.0. The fourth-order valence-corrected chi connectivity index (χ4v) is 2.51. The van der Waals surface area contributed by atoms with Crippen molar-refractivity contribution < 1.29 is 26.3 Å². The molecule has 0 radical (unpaired) electrons. The van der Waals surface area contributed by atoms with E-state index in [4.69, 9.17) is 23.2 Å². The molecule has 3 aromatic rings. The summed E-state index contributed by atoms with van der Waals surface area (Å²) in [5.41, 5.74) is -3.42. The smallest absolute Gasteiger partial charge is 0.291 e. The largest absolute Gasteiger partial charge is 0.416 e. The van der Waals surface area contributed by atoms with Crippen molar-refractivity contribution in [2.24, 2.45) is 0 Å². The summed E-state index contributed by atoms with van der Waals surface area (Å²) >= 11 is 11.4. The van der Waals surface area contributed by atoms with Gasteiger partial charge in [0.1, 0.15) is 10.3 Å². The number of aromatic nitrogens is 5. The molecule has 3 rings (SSSR count). The Labute approximate surface area is 161 Å². The van der Waals surface area contributed by atoms with Gasteiger partial charge in [-0.25, -0.2) is 9.97 Å². The zero-order chi connectivity index (χ0) is 20.7. The van der Waals surface area contributed by atoms with Gasteiger partial charge in [0.15, 0.2) is 5.82 Å². The summed E-state index contributed by atoms with van der Waals surface area (Å²) in [6, 6.07) is 2.30. The Morgan fingerprint density at radius 3 is 1.79 bits per heavy atom. The third kappa shape index (κ3) is 4.62. The van der Waals surface area contributed by atoms with Gasteiger partial charge in [-0.3, -0.25) is 10.4 Å². The molecule has 0 saturated carbocycles. The first-order chi connectivity index (χ1) is 12.9. The van der Waals surface area contributed by atoms with E-state index in [2.05, 4.69) is 30.5 Å². The molecule has 0 aliphatic rings. The number of nitrogens with zero attached hydrogens (tertiary/aromatic N) is 4. The van der Waals surface area contributed by atoms with Crippen LogP contribution >= 0.6 is 23.2 Å². The van der Waals surface area contributed by atoms with Crippen LogP contribution in [-0.2, 0) is 12.4 Å². The lowest BCUT2D eigenvalue weighted by atomic mass is 10.0. The topological polar surface area (TPSA) is 79.4 Å². The molecule has 0 bridgehead atoms. The summed E-state index contributed by atoms with van der Waals surface area (Å²) in [7, 11) is 0. The average molecular weight is 443 g/mol. The lowest BCUT2D eigenvalue weighted by molar-refractivity contribution is -0.143. The van der Waals surface area contributed by atoms with Crippen molar-refractivity contribution in [3.8, 4) is 11.4 Å². The molecule has 2 heterocycles. The van der Waals surface area contributed by atoms with Gasteiger partial charge >= 0.3 is 12.4 Å². The van der Waals surface area contributed by atoms with E-state index in [1.807, 2.05) is 0 Å². The van der Waals surface area contributed by atoms with Gasteiger partial charge in [-0.15, -0.1) is 5.10 Å². The predicted molar refractivity (Wildman–Crippen MR) is 87.2 cm³/mol. The highest BCUT2D eigenvalue weighted by Gasteiger charge is 2.37. The number of anilines is 2. The minimum Gasteiger partial charge on any atom is -0.291 e. The molecule has 14 heteroatoms. The van der Waals surface area contributed by atoms with E-state index in [-0.39, 0.29) is 34.1 Å². The van der Waals surface area contributed by atoms with E-state index in [1.165, 1.54) is 6.07 Å². The van der Waals surface area contributed by atoms with Gasteiger partial charge in [-0.05, 0) is 18.2 Å². The van der Waals surface area contributed by atoms with Crippen LogP contribution in [0.2, 0.25) is 10.3 Å². The van der Waals surface area contributed by atoms with Gasteiger partial charge in [-0.1, -0.05) is 23.2 Å². The number of halogens is 8. The van der Waals surface area contributed by atoms with Gasteiger partial charge in [0, 0.05) is 11.6 Å². The van der Waals surface area contributed by atoms with Crippen molar-refractivity contribution in [3.05, 3.63) is 45.7 Å². The molecular weight excluding hydrogens is 437 g/mol. The van der Waals surface area contributed by atoms with Crippen LogP contribution in [0, 0.1) is 0 Å². The van der Waals surface area contributed by atoms with Gasteiger partial charge in [0.2, 0.25) is 11.9 Å². The summed E-state index contributed by atoms with van der Waals surface area (Å²) in [6.45, 7) is 0. The van der Waals surface area contributed by atoms with E-state index >= 15 is 0 Å². The highest BCUT2D eigenvalue weighted by atomic mass is 35.5. The van der Waals surface area contributed by atoms with Gasteiger partial charge in [-0.2, -0.15) is 31.3 Å². The first kappa shape index (κ1) is 20.1. The predicted octanol–water partition coefficient (Wildman–Crippen LogP) is 5.35. The van der Waals surface area contributed by atoms with Crippen LogP contribution in [0.4, 0.5) is 38.2 Å². The second-order valence-electron chi connectivity index (χ2n) is 5.26. The second kappa shape index (κ2) is 7.09. The Kier molecular flexibility index (Phi) is 5.10. The molecule has 28 heavy (non-hydrogen) atoms. The van der Waals surface area contributed by atoms with Crippen molar-refractivity contribution in [3.63, 3.8) is 0 Å². The van der Waals surface area contributed by atoms with Crippen molar-refractivity contribution in [2.75, 3.05) is 5.32 Å². The van der Waals surface area contributed by atoms with Crippen molar-refractivity contribution in [2.45, 2.75) is 12.4 Å². The van der Waals surface area contributed by atoms with E-state index < -0.39 is 29.0 Å². The molecule has 0 saturated heterocycles. The van der Waals surface area contributed by atoms with Crippen LogP contribution in [-0.4, -0.2) is 25.1 Å². The fourth-order valence-electron chi connectivity index (χ4n) is 2.08. The van der Waals surface area contributed by atoms with Crippen molar-refractivity contribution in [1.29, 1.82) is 0 Å². The van der Waals surface area contributed by atoms with E-state index in [0.717, 1.165) is 0 Å². The lowest BCUT2D eigenvalue weighted by Crippen LogP contribution is -2.11. The highest BCUT2D eigenvalue weighted by Crippen LogP contribution is 2.38. The summed E-state index contributed by atoms with van der Waals surface area (Å²) in [6.07, 6.45) is -9.97. The normalized spacial score (nSPS) is 12.3. The van der Waals surface area contributed by atoms with E-state index in [9.17, 15) is 26.3 Å². The first-order valence-corrected chi connectivity index (χ1v) is 7.87. The second-order valence-corrected chi connectivity index (χ2v) is 6.04. The quantitative estimate of drug-likeness (QED) is 0.422. The standard InChI is InChI=1S/C14H6Cl2F6N6/c15-8-4-9(16)24-11(23-8)26-12-25-10(27-28-12)5-1-6(13(17,18)19)3-7(2-5)14(20,21)22/h1-4H,(H2,23,24,25,26,27,28). The van der Waals surface area contributed by atoms with E-state index in [1.54, 1.807) is 0 Å². The summed E-state index contributed by atoms with van der Waals surface area (Å²) in [5, 5.41) is 8.36. The number of aromatic amines is 1. The molecular formula is C14H6Cl2F6N6. The Bertz CT molecular complexity index is 964. The maximum Gasteiger partial charge on any atom is 0.416 e. The number of nitrogens with one attached hydrogen (secondary N) is 2. The van der Waals surface area contributed by atoms with Crippen molar-refractivity contribution in [1.82, 2.24) is 25.1 Å². The van der Waals surface area contributed by atoms with Gasteiger partial charge in [0.05, 0.1) is 11.1 Å². The number of benzene rings is 1. The van der Waals surface area contributed by atoms with Crippen LogP contribution in [0.5, 0.6) is 0 Å². The summed E-state index contributed by atoms with van der Waals surface area (Å²) < 4.78 is 77.7. The molecule has 148 valence electrons. The number of H-pyrrole nitrogens is 1. The number of hydrogen-bond donors (Lipinski definition) is 2. The maximum atomic E-state index is 13.0. The van der Waals surface area contributed by atoms with Crippen LogP contribution < -0.4 is 5.32 Å². The Balaban J connectivity index is 1.98. The van der Waals surface area contributed by atoms with Crippen LogP contribution in [0.1, 0.15) is 11.1 Å². The highest BCUT2D eigenvalue weighted by molar-refractivity contribution is 6.33. The van der Waals surface area contributed by atoms with Gasteiger partial charge in [0.25, 0.3) is 0 Å². The Hall–Kier alpha value is -2.60. The molecule has 2 N–H and O–H groups in total.